The molecule has 2 rings (SSSR count). The molecular formula is C19H21ClN2O3. The van der Waals surface area contributed by atoms with E-state index in [1.54, 1.807) is 42.5 Å². The summed E-state index contributed by atoms with van der Waals surface area (Å²) in [6.45, 7) is 2.71. The highest BCUT2D eigenvalue weighted by Crippen LogP contribution is 2.28. The molecule has 0 saturated heterocycles. The van der Waals surface area contributed by atoms with Crippen LogP contribution in [0.15, 0.2) is 42.5 Å². The second-order valence-corrected chi connectivity index (χ2v) is 5.92. The van der Waals surface area contributed by atoms with Gasteiger partial charge >= 0.3 is 0 Å². The Labute approximate surface area is 152 Å². The smallest absolute Gasteiger partial charge is 0.255 e. The number of carbonyl (C=O) groups is 2. The molecule has 0 saturated carbocycles. The fourth-order valence-electron chi connectivity index (χ4n) is 2.23. The van der Waals surface area contributed by atoms with Gasteiger partial charge in [-0.2, -0.15) is 0 Å². The molecule has 0 unspecified atom stereocenters. The van der Waals surface area contributed by atoms with Crippen molar-refractivity contribution in [2.24, 2.45) is 0 Å². The Bertz CT molecular complexity index is 745. The van der Waals surface area contributed by atoms with Crippen molar-refractivity contribution in [3.8, 4) is 5.75 Å². The lowest BCUT2D eigenvalue weighted by Gasteiger charge is -2.11. The Morgan fingerprint density at radius 3 is 2.28 bits per heavy atom. The standard InChI is InChI=1S/C19H21ClN2O3/c1-3-4-11-21-18(23)13-5-7-14(8-6-13)19(24)22-16-12-15(20)9-10-17(16)25-2/h5-10,12H,3-4,11H2,1-2H3,(H,21,23)(H,22,24). The van der Waals surface area contributed by atoms with Crippen LogP contribution in [0.3, 0.4) is 0 Å². The molecule has 0 atom stereocenters. The van der Waals surface area contributed by atoms with Crippen molar-refractivity contribution in [1.29, 1.82) is 0 Å². The van der Waals surface area contributed by atoms with E-state index >= 15 is 0 Å². The summed E-state index contributed by atoms with van der Waals surface area (Å²) in [4.78, 5) is 24.3. The van der Waals surface area contributed by atoms with Gasteiger partial charge in [0.25, 0.3) is 11.8 Å². The van der Waals surface area contributed by atoms with E-state index in [9.17, 15) is 9.59 Å². The first-order chi connectivity index (χ1) is 12.0. The zero-order valence-electron chi connectivity index (χ0n) is 14.3. The molecule has 2 aromatic rings. The first kappa shape index (κ1) is 18.8. The van der Waals surface area contributed by atoms with E-state index in [4.69, 9.17) is 16.3 Å². The number of rotatable bonds is 7. The second-order valence-electron chi connectivity index (χ2n) is 5.49. The highest BCUT2D eigenvalue weighted by molar-refractivity contribution is 6.31. The van der Waals surface area contributed by atoms with Crippen LogP contribution in [0.4, 0.5) is 5.69 Å². The van der Waals surface area contributed by atoms with Crippen molar-refractivity contribution in [2.45, 2.75) is 19.8 Å². The first-order valence-electron chi connectivity index (χ1n) is 8.08. The van der Waals surface area contributed by atoms with Gasteiger partial charge in [0.1, 0.15) is 5.75 Å². The van der Waals surface area contributed by atoms with Gasteiger partial charge in [0, 0.05) is 22.7 Å². The number of halogens is 1. The van der Waals surface area contributed by atoms with Gasteiger partial charge in [-0.3, -0.25) is 9.59 Å². The molecule has 0 heterocycles. The van der Waals surface area contributed by atoms with Gasteiger partial charge < -0.3 is 15.4 Å². The number of hydrogen-bond acceptors (Lipinski definition) is 3. The fourth-order valence-corrected chi connectivity index (χ4v) is 2.40. The highest BCUT2D eigenvalue weighted by atomic mass is 35.5. The van der Waals surface area contributed by atoms with Crippen LogP contribution >= 0.6 is 11.6 Å². The predicted molar refractivity (Wildman–Crippen MR) is 99.6 cm³/mol. The lowest BCUT2D eigenvalue weighted by Crippen LogP contribution is -2.24. The molecule has 6 heteroatoms. The average molecular weight is 361 g/mol. The van der Waals surface area contributed by atoms with Gasteiger partial charge in [-0.25, -0.2) is 0 Å². The Morgan fingerprint density at radius 1 is 1.04 bits per heavy atom. The van der Waals surface area contributed by atoms with Gasteiger partial charge in [-0.05, 0) is 48.9 Å². The number of hydrogen-bond donors (Lipinski definition) is 2. The van der Waals surface area contributed by atoms with Gasteiger partial charge in [0.2, 0.25) is 0 Å². The molecule has 0 bridgehead atoms. The SMILES string of the molecule is CCCCNC(=O)c1ccc(C(=O)Nc2cc(Cl)ccc2OC)cc1. The highest BCUT2D eigenvalue weighted by Gasteiger charge is 2.12. The minimum atomic E-state index is -0.307. The summed E-state index contributed by atoms with van der Waals surface area (Å²) < 4.78 is 5.21. The van der Waals surface area contributed by atoms with Gasteiger partial charge in [-0.1, -0.05) is 24.9 Å². The number of ether oxygens (including phenoxy) is 1. The van der Waals surface area contributed by atoms with Gasteiger partial charge in [-0.15, -0.1) is 0 Å². The number of amides is 2. The van der Waals surface area contributed by atoms with Crippen LogP contribution in [-0.4, -0.2) is 25.5 Å². The molecule has 25 heavy (non-hydrogen) atoms. The van der Waals surface area contributed by atoms with E-state index in [0.29, 0.717) is 34.1 Å². The molecule has 0 aliphatic rings. The third-order valence-electron chi connectivity index (χ3n) is 3.63. The summed E-state index contributed by atoms with van der Waals surface area (Å²) in [5.74, 6) is 0.0695. The second kappa shape index (κ2) is 9.08. The molecule has 5 nitrogen and oxygen atoms in total. The fraction of sp³-hybridized carbons (Fsp3) is 0.263. The Kier molecular flexibility index (Phi) is 6.83. The summed E-state index contributed by atoms with van der Waals surface area (Å²) in [6.07, 6.45) is 1.96. The first-order valence-corrected chi connectivity index (χ1v) is 8.46. The predicted octanol–water partition coefficient (Wildman–Crippen LogP) is 4.13. The largest absolute Gasteiger partial charge is 0.495 e. The zero-order chi connectivity index (χ0) is 18.2. The monoisotopic (exact) mass is 360 g/mol. The van der Waals surface area contributed by atoms with E-state index < -0.39 is 0 Å². The Morgan fingerprint density at radius 2 is 1.68 bits per heavy atom. The van der Waals surface area contributed by atoms with Crippen LogP contribution in [0.2, 0.25) is 5.02 Å². The number of methoxy groups -OCH3 is 1. The van der Waals surface area contributed by atoms with Crippen LogP contribution < -0.4 is 15.4 Å². The van der Waals surface area contributed by atoms with E-state index in [-0.39, 0.29) is 11.8 Å². The summed E-state index contributed by atoms with van der Waals surface area (Å²) in [5, 5.41) is 6.09. The van der Waals surface area contributed by atoms with Crippen molar-refractivity contribution in [2.75, 3.05) is 19.0 Å². The van der Waals surface area contributed by atoms with Crippen LogP contribution in [0.1, 0.15) is 40.5 Å². The summed E-state index contributed by atoms with van der Waals surface area (Å²) >= 11 is 5.96. The summed E-state index contributed by atoms with van der Waals surface area (Å²) in [6, 6.07) is 11.5. The number of unbranched alkanes of at least 4 members (excludes halogenated alkanes) is 1. The molecule has 0 aliphatic heterocycles. The lowest BCUT2D eigenvalue weighted by atomic mass is 10.1. The van der Waals surface area contributed by atoms with Crippen molar-refractivity contribution in [3.63, 3.8) is 0 Å². The number of nitrogens with one attached hydrogen (secondary N) is 2. The maximum atomic E-state index is 12.4. The molecule has 0 aromatic heterocycles. The topological polar surface area (TPSA) is 67.4 Å². The van der Waals surface area contributed by atoms with Crippen molar-refractivity contribution < 1.29 is 14.3 Å². The van der Waals surface area contributed by atoms with Crippen LogP contribution in [0.5, 0.6) is 5.75 Å². The molecular weight excluding hydrogens is 340 g/mol. The minimum absolute atomic E-state index is 0.142. The van der Waals surface area contributed by atoms with E-state index in [2.05, 4.69) is 17.6 Å². The molecule has 2 N–H and O–H groups in total. The van der Waals surface area contributed by atoms with E-state index in [1.165, 1.54) is 7.11 Å². The van der Waals surface area contributed by atoms with Crippen molar-refractivity contribution in [1.82, 2.24) is 5.32 Å². The van der Waals surface area contributed by atoms with E-state index in [1.807, 2.05) is 0 Å². The summed E-state index contributed by atoms with van der Waals surface area (Å²) in [7, 11) is 1.52. The quantitative estimate of drug-likeness (QED) is 0.729. The number of anilines is 1. The molecule has 132 valence electrons. The average Bonchev–Trinajstić information content (AvgIpc) is 2.62. The Balaban J connectivity index is 2.05. The maximum absolute atomic E-state index is 12.4. The van der Waals surface area contributed by atoms with Crippen LogP contribution in [-0.2, 0) is 0 Å². The molecule has 0 radical (unpaired) electrons. The number of benzene rings is 2. The maximum Gasteiger partial charge on any atom is 0.255 e. The summed E-state index contributed by atoms with van der Waals surface area (Å²) in [5.41, 5.74) is 1.45. The minimum Gasteiger partial charge on any atom is -0.495 e. The Hall–Kier alpha value is -2.53. The number of carbonyl (C=O) groups excluding carboxylic acids is 2. The van der Waals surface area contributed by atoms with Crippen LogP contribution in [0.25, 0.3) is 0 Å². The van der Waals surface area contributed by atoms with Crippen molar-refractivity contribution >= 4 is 29.1 Å². The molecule has 0 aliphatic carbocycles. The van der Waals surface area contributed by atoms with Crippen molar-refractivity contribution in [3.05, 3.63) is 58.6 Å². The third kappa shape index (κ3) is 5.22. The van der Waals surface area contributed by atoms with Gasteiger partial charge in [0.05, 0.1) is 12.8 Å². The van der Waals surface area contributed by atoms with E-state index in [0.717, 1.165) is 12.8 Å². The normalized spacial score (nSPS) is 10.2. The molecule has 2 aromatic carbocycles. The van der Waals surface area contributed by atoms with Gasteiger partial charge in [0.15, 0.2) is 0 Å². The lowest BCUT2D eigenvalue weighted by molar-refractivity contribution is 0.0951. The van der Waals surface area contributed by atoms with Crippen LogP contribution in [0, 0.1) is 0 Å². The molecule has 0 fully saturated rings. The molecule has 2 amide bonds. The molecule has 0 spiro atoms. The zero-order valence-corrected chi connectivity index (χ0v) is 15.0. The third-order valence-corrected chi connectivity index (χ3v) is 3.87.